The predicted molar refractivity (Wildman–Crippen MR) is 154 cm³/mol. The van der Waals surface area contributed by atoms with Gasteiger partial charge in [-0.15, -0.1) is 0 Å². The van der Waals surface area contributed by atoms with Gasteiger partial charge in [0.05, 0.1) is 6.42 Å². The van der Waals surface area contributed by atoms with Gasteiger partial charge in [0.1, 0.15) is 0 Å². The Balaban J connectivity index is 1.57. The second-order valence-corrected chi connectivity index (χ2v) is 10.6. The average molecular weight is 588 g/mol. The lowest BCUT2D eigenvalue weighted by molar-refractivity contribution is -0.136. The summed E-state index contributed by atoms with van der Waals surface area (Å²) >= 11 is 3.44. The van der Waals surface area contributed by atoms with E-state index in [1.807, 2.05) is 30.3 Å². The van der Waals surface area contributed by atoms with Crippen molar-refractivity contribution in [3.8, 4) is 0 Å². The molecule has 0 radical (unpaired) electrons. The minimum absolute atomic E-state index is 0.00830. The molecule has 3 aromatic carbocycles. The van der Waals surface area contributed by atoms with Crippen molar-refractivity contribution < 1.29 is 24.3 Å². The summed E-state index contributed by atoms with van der Waals surface area (Å²) in [6.45, 7) is 0.00830. The molecule has 0 unspecified atom stereocenters. The normalized spacial score (nSPS) is 14.0. The van der Waals surface area contributed by atoms with Gasteiger partial charge in [0.2, 0.25) is 0 Å². The number of hydrogen-bond acceptors (Lipinski definition) is 4. The summed E-state index contributed by atoms with van der Waals surface area (Å²) in [5.41, 5.74) is 3.24. The van der Waals surface area contributed by atoms with Crippen LogP contribution in [0.5, 0.6) is 0 Å². The fourth-order valence-corrected chi connectivity index (χ4v) is 5.22. The van der Waals surface area contributed by atoms with Gasteiger partial charge in [0.25, 0.3) is 5.91 Å². The summed E-state index contributed by atoms with van der Waals surface area (Å²) in [6, 6.07) is 21.0. The number of hydrogen-bond donors (Lipinski definition) is 2. The maximum absolute atomic E-state index is 13.6. The second kappa shape index (κ2) is 13.3. The van der Waals surface area contributed by atoms with Crippen molar-refractivity contribution in [3.05, 3.63) is 111 Å². The molecule has 0 heterocycles. The van der Waals surface area contributed by atoms with Gasteiger partial charge in [-0.05, 0) is 60.2 Å². The Hall–Kier alpha value is -3.84. The van der Waals surface area contributed by atoms with Gasteiger partial charge in [-0.3, -0.25) is 19.2 Å². The van der Waals surface area contributed by atoms with Crippen LogP contribution in [-0.4, -0.2) is 35.1 Å². The number of carboxylic acid groups (broad SMARTS) is 1. The summed E-state index contributed by atoms with van der Waals surface area (Å²) < 4.78 is 0.774. The van der Waals surface area contributed by atoms with Crippen LogP contribution >= 0.6 is 15.9 Å². The van der Waals surface area contributed by atoms with Crippen molar-refractivity contribution in [2.45, 2.75) is 44.4 Å². The maximum atomic E-state index is 13.6. The molecule has 1 fully saturated rings. The Morgan fingerprint density at radius 2 is 1.46 bits per heavy atom. The van der Waals surface area contributed by atoms with Gasteiger partial charge >= 0.3 is 5.97 Å². The Morgan fingerprint density at radius 1 is 0.821 bits per heavy atom. The van der Waals surface area contributed by atoms with Crippen molar-refractivity contribution in [1.29, 1.82) is 0 Å². The van der Waals surface area contributed by atoms with Crippen LogP contribution < -0.4 is 5.32 Å². The first-order chi connectivity index (χ1) is 18.8. The highest BCUT2D eigenvalue weighted by molar-refractivity contribution is 9.10. The highest BCUT2D eigenvalue weighted by atomic mass is 79.9. The molecule has 0 spiro atoms. The second-order valence-electron chi connectivity index (χ2n) is 9.70. The third-order valence-corrected chi connectivity index (χ3v) is 7.45. The molecule has 3 aromatic rings. The van der Waals surface area contributed by atoms with E-state index in [0.29, 0.717) is 28.2 Å². The molecular weight excluding hydrogens is 558 g/mol. The molecule has 4 rings (SSSR count). The molecule has 0 atom stereocenters. The van der Waals surface area contributed by atoms with Crippen LogP contribution in [0.25, 0.3) is 5.57 Å². The number of nitrogens with one attached hydrogen (secondary N) is 1. The van der Waals surface area contributed by atoms with Crippen LogP contribution in [-0.2, 0) is 4.79 Å². The first kappa shape index (κ1) is 28.2. The van der Waals surface area contributed by atoms with Crippen LogP contribution in [0, 0.1) is 0 Å². The molecule has 200 valence electrons. The zero-order valence-corrected chi connectivity index (χ0v) is 23.1. The number of carboxylic acids is 1. The fourth-order valence-electron chi connectivity index (χ4n) is 4.82. The predicted octanol–water partition coefficient (Wildman–Crippen LogP) is 6.85. The highest BCUT2D eigenvalue weighted by Crippen LogP contribution is 2.33. The fraction of sp³-hybridized carbons (Fsp3) is 0.250. The quantitative estimate of drug-likeness (QED) is 0.199. The number of carbonyl (C=O) groups excluding carboxylic acids is 3. The minimum atomic E-state index is -1.00. The van der Waals surface area contributed by atoms with E-state index in [0.717, 1.165) is 4.47 Å². The molecule has 2 N–H and O–H groups in total. The molecule has 0 aliphatic heterocycles. The van der Waals surface area contributed by atoms with Crippen molar-refractivity contribution >= 4 is 44.9 Å². The van der Waals surface area contributed by atoms with E-state index < -0.39 is 11.9 Å². The van der Waals surface area contributed by atoms with Crippen LogP contribution in [0.1, 0.15) is 86.6 Å². The molecule has 6 nitrogen and oxygen atoms in total. The van der Waals surface area contributed by atoms with Crippen molar-refractivity contribution in [3.63, 3.8) is 0 Å². The van der Waals surface area contributed by atoms with E-state index in [2.05, 4.69) is 21.2 Å². The van der Waals surface area contributed by atoms with Crippen LogP contribution in [0.15, 0.2) is 83.3 Å². The van der Waals surface area contributed by atoms with Gasteiger partial charge < -0.3 is 10.4 Å². The maximum Gasteiger partial charge on any atom is 0.305 e. The lowest BCUT2D eigenvalue weighted by Gasteiger charge is -2.21. The molecule has 0 bridgehead atoms. The van der Waals surface area contributed by atoms with Crippen molar-refractivity contribution in [2.75, 3.05) is 6.54 Å². The van der Waals surface area contributed by atoms with E-state index in [1.54, 1.807) is 18.2 Å². The number of aliphatic carboxylic acids is 1. The lowest BCUT2D eigenvalue weighted by atomic mass is 9.84. The first-order valence-electron chi connectivity index (χ1n) is 13.1. The standard InChI is InChI=1S/C32H30BrNO5/c33-27-8-4-7-26(19-27)28(20-29(35)23-11-9-22(10-12-23)21-5-2-1-3-6-21)31(38)24-13-15-25(16-14-24)32(39)34-18-17-30(36)37/h4,7-16,19-21H,1-3,5-6,17-18H2,(H,34,39)(H,36,37)/b28-20-. The van der Waals surface area contributed by atoms with E-state index in [-0.39, 0.29) is 30.1 Å². The van der Waals surface area contributed by atoms with Crippen LogP contribution in [0.2, 0.25) is 0 Å². The molecule has 1 saturated carbocycles. The van der Waals surface area contributed by atoms with Gasteiger partial charge in [-0.25, -0.2) is 0 Å². The number of amides is 1. The number of carbonyl (C=O) groups is 4. The molecular formula is C32H30BrNO5. The summed E-state index contributed by atoms with van der Waals surface area (Å²) in [5, 5.41) is 11.3. The monoisotopic (exact) mass is 587 g/mol. The SMILES string of the molecule is O=C(O)CCNC(=O)c1ccc(C(=O)/C(=C\C(=O)c2ccc(C3CCCCC3)cc2)c2cccc(Br)c2)cc1. The number of ketones is 2. The third kappa shape index (κ3) is 7.60. The largest absolute Gasteiger partial charge is 0.481 e. The van der Waals surface area contributed by atoms with E-state index in [4.69, 9.17) is 5.11 Å². The minimum Gasteiger partial charge on any atom is -0.481 e. The van der Waals surface area contributed by atoms with Crippen molar-refractivity contribution in [2.24, 2.45) is 0 Å². The summed E-state index contributed by atoms with van der Waals surface area (Å²) in [7, 11) is 0. The summed E-state index contributed by atoms with van der Waals surface area (Å²) in [6.07, 6.45) is 7.32. The Morgan fingerprint density at radius 3 is 2.10 bits per heavy atom. The Bertz CT molecular complexity index is 1390. The molecule has 1 aliphatic rings. The molecule has 7 heteroatoms. The van der Waals surface area contributed by atoms with Crippen LogP contribution in [0.3, 0.4) is 0 Å². The first-order valence-corrected chi connectivity index (χ1v) is 13.9. The number of halogens is 1. The lowest BCUT2D eigenvalue weighted by Crippen LogP contribution is -2.26. The number of Topliss-reactive ketones (excluding diaryl/α,β-unsaturated/α-hetero) is 1. The van der Waals surface area contributed by atoms with Gasteiger partial charge in [-0.2, -0.15) is 0 Å². The van der Waals surface area contributed by atoms with E-state index >= 15 is 0 Å². The van der Waals surface area contributed by atoms with E-state index in [1.165, 1.54) is 68.0 Å². The molecule has 0 saturated heterocycles. The highest BCUT2D eigenvalue weighted by Gasteiger charge is 2.19. The summed E-state index contributed by atoms with van der Waals surface area (Å²) in [4.78, 5) is 49.8. The molecule has 39 heavy (non-hydrogen) atoms. The third-order valence-electron chi connectivity index (χ3n) is 6.96. The van der Waals surface area contributed by atoms with E-state index in [9.17, 15) is 19.2 Å². The van der Waals surface area contributed by atoms with Gasteiger partial charge in [0, 0.05) is 33.3 Å². The molecule has 0 aromatic heterocycles. The average Bonchev–Trinajstić information content (AvgIpc) is 2.96. The van der Waals surface area contributed by atoms with Crippen LogP contribution in [0.4, 0.5) is 0 Å². The number of rotatable bonds is 10. The Labute approximate surface area is 236 Å². The van der Waals surface area contributed by atoms with Gasteiger partial charge in [-0.1, -0.05) is 83.7 Å². The topological polar surface area (TPSA) is 101 Å². The van der Waals surface area contributed by atoms with Gasteiger partial charge in [0.15, 0.2) is 11.6 Å². The van der Waals surface area contributed by atoms with Crippen molar-refractivity contribution in [1.82, 2.24) is 5.32 Å². The Kier molecular flexibility index (Phi) is 9.60. The zero-order chi connectivity index (χ0) is 27.8. The number of allylic oxidation sites excluding steroid dienone is 2. The smallest absolute Gasteiger partial charge is 0.305 e. The number of benzene rings is 3. The zero-order valence-electron chi connectivity index (χ0n) is 21.5. The molecule has 1 amide bonds. The summed E-state index contributed by atoms with van der Waals surface area (Å²) in [5.74, 6) is -1.50. The molecule has 1 aliphatic carbocycles.